The molecule has 3 atom stereocenters. The van der Waals surface area contributed by atoms with Crippen LogP contribution in [0.25, 0.3) is 0 Å². The highest BCUT2D eigenvalue weighted by Crippen LogP contribution is 2.47. The van der Waals surface area contributed by atoms with Crippen molar-refractivity contribution in [2.24, 2.45) is 0 Å². The number of nitrogens with zero attached hydrogens (tertiary/aromatic N) is 1. The Morgan fingerprint density at radius 3 is 2.95 bits per heavy atom. The summed E-state index contributed by atoms with van der Waals surface area (Å²) in [4.78, 5) is 25.6. The average molecular weight is 298 g/mol. The molecule has 3 heterocycles. The number of aliphatic hydroxyl groups excluding tert-OH is 1. The zero-order chi connectivity index (χ0) is 15.3. The Labute approximate surface area is 119 Å². The van der Waals surface area contributed by atoms with Crippen molar-refractivity contribution in [3.05, 3.63) is 32.6 Å². The fourth-order valence-electron chi connectivity index (χ4n) is 3.05. The lowest BCUT2D eigenvalue weighted by molar-refractivity contribution is -0.221. The Kier molecular flexibility index (Phi) is 3.28. The molecule has 2 fully saturated rings. The lowest BCUT2D eigenvalue weighted by Gasteiger charge is -2.42. The molecular formula is C13H18N2O6. The van der Waals surface area contributed by atoms with Crippen LogP contribution in [0.4, 0.5) is 0 Å². The number of aliphatic hydroxyl groups is 2. The van der Waals surface area contributed by atoms with Crippen LogP contribution in [0.5, 0.6) is 0 Å². The fraction of sp³-hybridized carbons (Fsp3) is 0.692. The molecule has 3 N–H and O–H groups in total. The molecule has 3 rings (SSSR count). The Hall–Kier alpha value is -1.48. The third-order valence-corrected chi connectivity index (χ3v) is 4.43. The molecule has 0 saturated carbocycles. The maximum absolute atomic E-state index is 11.9. The Balaban J connectivity index is 2.01. The van der Waals surface area contributed by atoms with Crippen LogP contribution in [0, 0.1) is 6.92 Å². The van der Waals surface area contributed by atoms with E-state index in [1.165, 1.54) is 10.8 Å². The molecule has 0 aromatic carbocycles. The van der Waals surface area contributed by atoms with E-state index in [1.54, 1.807) is 6.92 Å². The largest absolute Gasteiger partial charge is 0.393 e. The molecule has 1 aromatic rings. The minimum absolute atomic E-state index is 0.0631. The van der Waals surface area contributed by atoms with Gasteiger partial charge < -0.3 is 19.7 Å². The summed E-state index contributed by atoms with van der Waals surface area (Å²) in [5.41, 5.74) is -3.18. The number of fused-ring (bicyclic) bond motifs is 1. The summed E-state index contributed by atoms with van der Waals surface area (Å²) in [5, 5.41) is 20.4. The summed E-state index contributed by atoms with van der Waals surface area (Å²) >= 11 is 0. The second kappa shape index (κ2) is 4.77. The number of hydrogen-bond acceptors (Lipinski definition) is 6. The molecule has 0 amide bonds. The zero-order valence-corrected chi connectivity index (χ0v) is 11.7. The van der Waals surface area contributed by atoms with Gasteiger partial charge in [-0.15, -0.1) is 0 Å². The molecule has 21 heavy (non-hydrogen) atoms. The van der Waals surface area contributed by atoms with Gasteiger partial charge in [0.2, 0.25) is 0 Å². The van der Waals surface area contributed by atoms with Gasteiger partial charge in [0, 0.05) is 31.2 Å². The highest BCUT2D eigenvalue weighted by molar-refractivity contribution is 5.10. The normalized spacial score (nSPS) is 35.7. The first-order valence-electron chi connectivity index (χ1n) is 6.82. The van der Waals surface area contributed by atoms with E-state index in [9.17, 15) is 19.8 Å². The first-order valence-corrected chi connectivity index (χ1v) is 6.82. The van der Waals surface area contributed by atoms with Crippen LogP contribution in [0.2, 0.25) is 0 Å². The molecule has 1 aromatic heterocycles. The van der Waals surface area contributed by atoms with Gasteiger partial charge in [0.05, 0.1) is 13.2 Å². The van der Waals surface area contributed by atoms with E-state index in [0.29, 0.717) is 18.6 Å². The highest BCUT2D eigenvalue weighted by Gasteiger charge is 2.61. The van der Waals surface area contributed by atoms with Gasteiger partial charge in [-0.25, -0.2) is 4.79 Å². The van der Waals surface area contributed by atoms with Gasteiger partial charge in [-0.1, -0.05) is 0 Å². The third kappa shape index (κ3) is 2.06. The van der Waals surface area contributed by atoms with Gasteiger partial charge >= 0.3 is 5.69 Å². The third-order valence-electron chi connectivity index (χ3n) is 4.43. The quantitative estimate of drug-likeness (QED) is 0.622. The van der Waals surface area contributed by atoms with Crippen LogP contribution in [0.3, 0.4) is 0 Å². The number of hydrogen-bond donors (Lipinski definition) is 3. The number of aryl methyl sites for hydroxylation is 1. The van der Waals surface area contributed by atoms with Gasteiger partial charge in [0.25, 0.3) is 5.56 Å². The SMILES string of the molecule is Cc1cn([C@H]2C[C@]3(O)CCOC[C@]3(CO)O2)c(=O)[nH]c1=O. The summed E-state index contributed by atoms with van der Waals surface area (Å²) in [6.45, 7) is 1.61. The Morgan fingerprint density at radius 1 is 1.52 bits per heavy atom. The van der Waals surface area contributed by atoms with Gasteiger partial charge in [0.1, 0.15) is 17.4 Å². The number of H-pyrrole nitrogens is 1. The molecular weight excluding hydrogens is 280 g/mol. The molecule has 8 heteroatoms. The van der Waals surface area contributed by atoms with Crippen molar-refractivity contribution < 1.29 is 19.7 Å². The number of aromatic nitrogens is 2. The van der Waals surface area contributed by atoms with Crippen LogP contribution in [0.1, 0.15) is 24.6 Å². The van der Waals surface area contributed by atoms with Crippen LogP contribution in [-0.2, 0) is 9.47 Å². The molecule has 8 nitrogen and oxygen atoms in total. The molecule has 0 radical (unpaired) electrons. The summed E-state index contributed by atoms with van der Waals surface area (Å²) in [6, 6.07) is 0. The van der Waals surface area contributed by atoms with Crippen molar-refractivity contribution >= 4 is 0 Å². The second-order valence-electron chi connectivity index (χ2n) is 5.74. The minimum atomic E-state index is -1.26. The molecule has 2 aliphatic rings. The predicted molar refractivity (Wildman–Crippen MR) is 71.0 cm³/mol. The van der Waals surface area contributed by atoms with E-state index in [1.807, 2.05) is 0 Å². The minimum Gasteiger partial charge on any atom is -0.393 e. The number of rotatable bonds is 2. The number of aromatic amines is 1. The van der Waals surface area contributed by atoms with E-state index < -0.39 is 35.3 Å². The summed E-state index contributed by atoms with van der Waals surface area (Å²) in [6.07, 6.45) is 1.12. The molecule has 0 unspecified atom stereocenters. The smallest absolute Gasteiger partial charge is 0.330 e. The van der Waals surface area contributed by atoms with Crippen molar-refractivity contribution in [2.75, 3.05) is 19.8 Å². The maximum Gasteiger partial charge on any atom is 0.330 e. The monoisotopic (exact) mass is 298 g/mol. The predicted octanol–water partition coefficient (Wildman–Crippen LogP) is -1.35. The molecule has 0 spiro atoms. The standard InChI is InChI=1S/C13H18N2O6/c1-8-5-15(11(18)14-10(8)17)9-4-12(19)2-3-20-7-13(12,6-16)21-9/h5,9,16,19H,2-4,6-7H2,1H3,(H,14,17,18)/t9-,12-,13+/m1/s1. The fourth-order valence-corrected chi connectivity index (χ4v) is 3.05. The van der Waals surface area contributed by atoms with E-state index in [4.69, 9.17) is 9.47 Å². The maximum atomic E-state index is 11.9. The van der Waals surface area contributed by atoms with Crippen molar-refractivity contribution in [3.63, 3.8) is 0 Å². The molecule has 116 valence electrons. The Bertz CT molecular complexity index is 667. The second-order valence-corrected chi connectivity index (χ2v) is 5.74. The van der Waals surface area contributed by atoms with Crippen molar-refractivity contribution in [3.8, 4) is 0 Å². The lowest BCUT2D eigenvalue weighted by atomic mass is 9.79. The van der Waals surface area contributed by atoms with Crippen molar-refractivity contribution in [2.45, 2.75) is 37.2 Å². The van der Waals surface area contributed by atoms with Crippen LogP contribution < -0.4 is 11.2 Å². The van der Waals surface area contributed by atoms with Gasteiger partial charge in [-0.3, -0.25) is 14.3 Å². The highest BCUT2D eigenvalue weighted by atomic mass is 16.6. The summed E-state index contributed by atoms with van der Waals surface area (Å²) in [7, 11) is 0. The number of ether oxygens (including phenoxy) is 2. The molecule has 0 bridgehead atoms. The first kappa shape index (κ1) is 14.5. The zero-order valence-electron chi connectivity index (χ0n) is 11.7. The number of nitrogens with one attached hydrogen (secondary N) is 1. The summed E-state index contributed by atoms with van der Waals surface area (Å²) in [5.74, 6) is 0. The molecule has 0 aliphatic carbocycles. The molecule has 2 aliphatic heterocycles. The van der Waals surface area contributed by atoms with Gasteiger partial charge in [0.15, 0.2) is 0 Å². The van der Waals surface area contributed by atoms with Crippen LogP contribution in [-0.4, -0.2) is 50.8 Å². The van der Waals surface area contributed by atoms with Gasteiger partial charge in [-0.05, 0) is 6.92 Å². The van der Waals surface area contributed by atoms with E-state index in [-0.39, 0.29) is 13.0 Å². The van der Waals surface area contributed by atoms with Gasteiger partial charge in [-0.2, -0.15) is 0 Å². The van der Waals surface area contributed by atoms with Crippen molar-refractivity contribution in [1.82, 2.24) is 9.55 Å². The summed E-state index contributed by atoms with van der Waals surface area (Å²) < 4.78 is 12.3. The van der Waals surface area contributed by atoms with E-state index in [0.717, 1.165) is 0 Å². The lowest BCUT2D eigenvalue weighted by Crippen LogP contribution is -2.60. The van der Waals surface area contributed by atoms with E-state index in [2.05, 4.69) is 4.98 Å². The topological polar surface area (TPSA) is 114 Å². The average Bonchev–Trinajstić information content (AvgIpc) is 2.76. The molecule has 2 saturated heterocycles. The Morgan fingerprint density at radius 2 is 2.29 bits per heavy atom. The van der Waals surface area contributed by atoms with Crippen LogP contribution in [0.15, 0.2) is 15.8 Å². The van der Waals surface area contributed by atoms with Crippen molar-refractivity contribution in [1.29, 1.82) is 0 Å². The van der Waals surface area contributed by atoms with Crippen LogP contribution >= 0.6 is 0 Å². The first-order chi connectivity index (χ1) is 9.91. The van der Waals surface area contributed by atoms with E-state index >= 15 is 0 Å².